The van der Waals surface area contributed by atoms with Crippen LogP contribution in [0.1, 0.15) is 38.2 Å². The van der Waals surface area contributed by atoms with Crippen LogP contribution >= 0.6 is 0 Å². The summed E-state index contributed by atoms with van der Waals surface area (Å²) in [4.78, 5) is 13.8. The second kappa shape index (κ2) is 6.01. The van der Waals surface area contributed by atoms with Gasteiger partial charge in [-0.25, -0.2) is 0 Å². The highest BCUT2D eigenvalue weighted by atomic mass is 16.5. The minimum atomic E-state index is -0.0198. The number of carbonyl (C=O) groups is 1. The van der Waals surface area contributed by atoms with Crippen LogP contribution in [0, 0.1) is 0 Å². The maximum atomic E-state index is 11.9. The summed E-state index contributed by atoms with van der Waals surface area (Å²) in [7, 11) is 0. The van der Waals surface area contributed by atoms with Crippen molar-refractivity contribution in [1.82, 2.24) is 4.90 Å². The number of nitrogens with zero attached hydrogens (tertiary/aromatic N) is 1. The lowest BCUT2D eigenvalue weighted by molar-refractivity contribution is -0.136. The van der Waals surface area contributed by atoms with Crippen LogP contribution in [0.25, 0.3) is 0 Å². The van der Waals surface area contributed by atoms with Crippen molar-refractivity contribution in [1.29, 1.82) is 0 Å². The molecule has 1 aliphatic heterocycles. The summed E-state index contributed by atoms with van der Waals surface area (Å²) < 4.78 is 5.63. The smallest absolute Gasteiger partial charge is 0.224 e. The lowest BCUT2D eigenvalue weighted by Crippen LogP contribution is -2.37. The number of benzene rings is 1. The van der Waals surface area contributed by atoms with Crippen LogP contribution in [0.5, 0.6) is 0 Å². The van der Waals surface area contributed by atoms with Crippen molar-refractivity contribution in [3.63, 3.8) is 0 Å². The molecule has 0 aromatic heterocycles. The van der Waals surface area contributed by atoms with Crippen molar-refractivity contribution < 1.29 is 9.53 Å². The number of carbonyl (C=O) groups excluding carboxylic acids is 1. The highest BCUT2D eigenvalue weighted by Gasteiger charge is 2.32. The molecule has 0 N–H and O–H groups in total. The Labute approximate surface area is 109 Å². The Morgan fingerprint density at radius 1 is 1.39 bits per heavy atom. The van der Waals surface area contributed by atoms with E-state index in [4.69, 9.17) is 4.74 Å². The van der Waals surface area contributed by atoms with Gasteiger partial charge in [-0.3, -0.25) is 4.79 Å². The number of rotatable bonds is 5. The van der Waals surface area contributed by atoms with Crippen molar-refractivity contribution in [2.75, 3.05) is 13.2 Å². The SMILES string of the molecule is CCOC1CCC(=O)N1CC(C)c1ccccc1. The molecule has 2 unspecified atom stereocenters. The minimum absolute atomic E-state index is 0.0198. The predicted octanol–water partition coefficient (Wildman–Crippen LogP) is 2.78. The largest absolute Gasteiger partial charge is 0.359 e. The Kier molecular flexibility index (Phi) is 4.37. The Balaban J connectivity index is 2.01. The van der Waals surface area contributed by atoms with Crippen LogP contribution in [0.4, 0.5) is 0 Å². The Bertz CT molecular complexity index is 391. The van der Waals surface area contributed by atoms with E-state index in [9.17, 15) is 4.79 Å². The third-order valence-electron chi connectivity index (χ3n) is 3.47. The number of likely N-dealkylation sites (tertiary alicyclic amines) is 1. The normalized spacial score (nSPS) is 21.3. The Morgan fingerprint density at radius 2 is 2.11 bits per heavy atom. The molecule has 1 aromatic rings. The van der Waals surface area contributed by atoms with Crippen molar-refractivity contribution in [2.24, 2.45) is 0 Å². The monoisotopic (exact) mass is 247 g/mol. The quantitative estimate of drug-likeness (QED) is 0.800. The fraction of sp³-hybridized carbons (Fsp3) is 0.533. The predicted molar refractivity (Wildman–Crippen MR) is 71.2 cm³/mol. The molecule has 1 heterocycles. The van der Waals surface area contributed by atoms with E-state index in [1.54, 1.807) is 0 Å². The van der Waals surface area contributed by atoms with Crippen LogP contribution in [0.2, 0.25) is 0 Å². The zero-order chi connectivity index (χ0) is 13.0. The van der Waals surface area contributed by atoms with E-state index >= 15 is 0 Å². The second-order valence-corrected chi connectivity index (χ2v) is 4.81. The molecule has 3 nitrogen and oxygen atoms in total. The lowest BCUT2D eigenvalue weighted by atomic mass is 10.0. The van der Waals surface area contributed by atoms with Crippen molar-refractivity contribution in [2.45, 2.75) is 38.8 Å². The first-order valence-electron chi connectivity index (χ1n) is 6.68. The number of hydrogen-bond acceptors (Lipinski definition) is 2. The molecule has 0 bridgehead atoms. The number of ether oxygens (including phenoxy) is 1. The van der Waals surface area contributed by atoms with Gasteiger partial charge in [0.15, 0.2) is 0 Å². The van der Waals surface area contributed by atoms with Crippen molar-refractivity contribution in [3.8, 4) is 0 Å². The van der Waals surface area contributed by atoms with Gasteiger partial charge in [0.1, 0.15) is 6.23 Å². The van der Waals surface area contributed by atoms with E-state index in [1.165, 1.54) is 5.56 Å². The molecule has 18 heavy (non-hydrogen) atoms. The first kappa shape index (κ1) is 13.1. The van der Waals surface area contributed by atoms with Gasteiger partial charge in [-0.2, -0.15) is 0 Å². The van der Waals surface area contributed by atoms with Gasteiger partial charge in [0.2, 0.25) is 5.91 Å². The molecule has 0 spiro atoms. The third kappa shape index (κ3) is 2.91. The van der Waals surface area contributed by atoms with Gasteiger partial charge < -0.3 is 9.64 Å². The van der Waals surface area contributed by atoms with Gasteiger partial charge in [0.25, 0.3) is 0 Å². The van der Waals surface area contributed by atoms with Crippen LogP contribution in [0.3, 0.4) is 0 Å². The molecule has 2 rings (SSSR count). The van der Waals surface area contributed by atoms with Crippen molar-refractivity contribution >= 4 is 5.91 Å². The third-order valence-corrected chi connectivity index (χ3v) is 3.47. The van der Waals surface area contributed by atoms with Gasteiger partial charge in [-0.05, 0) is 18.4 Å². The van der Waals surface area contributed by atoms with E-state index in [1.807, 2.05) is 30.0 Å². The lowest BCUT2D eigenvalue weighted by Gasteiger charge is -2.27. The second-order valence-electron chi connectivity index (χ2n) is 4.81. The zero-order valence-corrected chi connectivity index (χ0v) is 11.1. The summed E-state index contributed by atoms with van der Waals surface area (Å²) >= 11 is 0. The zero-order valence-electron chi connectivity index (χ0n) is 11.1. The van der Waals surface area contributed by atoms with Crippen LogP contribution in [0.15, 0.2) is 30.3 Å². The first-order valence-corrected chi connectivity index (χ1v) is 6.68. The maximum Gasteiger partial charge on any atom is 0.224 e. The van der Waals surface area contributed by atoms with E-state index < -0.39 is 0 Å². The molecule has 1 aromatic carbocycles. The van der Waals surface area contributed by atoms with Crippen LogP contribution in [-0.2, 0) is 9.53 Å². The molecular weight excluding hydrogens is 226 g/mol. The summed E-state index contributed by atoms with van der Waals surface area (Å²) in [6.07, 6.45) is 1.43. The molecule has 0 saturated carbocycles. The molecule has 3 heteroatoms. The Morgan fingerprint density at radius 3 is 2.78 bits per heavy atom. The number of amides is 1. The average molecular weight is 247 g/mol. The summed E-state index contributed by atoms with van der Waals surface area (Å²) in [5.74, 6) is 0.562. The molecular formula is C15H21NO2. The van der Waals surface area contributed by atoms with E-state index in [0.717, 1.165) is 13.0 Å². The highest BCUT2D eigenvalue weighted by molar-refractivity contribution is 5.78. The standard InChI is InChI=1S/C15H21NO2/c1-3-18-15-10-9-14(17)16(15)11-12(2)13-7-5-4-6-8-13/h4-8,12,15H,3,9-11H2,1-2H3. The Hall–Kier alpha value is -1.35. The molecule has 0 radical (unpaired) electrons. The summed E-state index contributed by atoms with van der Waals surface area (Å²) in [6.45, 7) is 5.53. The van der Waals surface area contributed by atoms with Crippen LogP contribution < -0.4 is 0 Å². The molecule has 1 aliphatic rings. The molecule has 1 saturated heterocycles. The minimum Gasteiger partial charge on any atom is -0.359 e. The van der Waals surface area contributed by atoms with Gasteiger partial charge in [0.05, 0.1) is 0 Å². The van der Waals surface area contributed by atoms with Gasteiger partial charge in [0, 0.05) is 26.0 Å². The summed E-state index contributed by atoms with van der Waals surface area (Å²) in [5, 5.41) is 0. The van der Waals surface area contributed by atoms with Gasteiger partial charge in [-0.1, -0.05) is 37.3 Å². The fourth-order valence-electron chi connectivity index (χ4n) is 2.47. The van der Waals surface area contributed by atoms with Gasteiger partial charge in [-0.15, -0.1) is 0 Å². The maximum absolute atomic E-state index is 11.9. The average Bonchev–Trinajstić information content (AvgIpc) is 2.73. The summed E-state index contributed by atoms with van der Waals surface area (Å²) in [5.41, 5.74) is 1.27. The van der Waals surface area contributed by atoms with Crippen molar-refractivity contribution in [3.05, 3.63) is 35.9 Å². The van der Waals surface area contributed by atoms with E-state index in [2.05, 4.69) is 19.1 Å². The summed E-state index contributed by atoms with van der Waals surface area (Å²) in [6, 6.07) is 10.3. The number of hydrogen-bond donors (Lipinski definition) is 0. The molecule has 1 amide bonds. The topological polar surface area (TPSA) is 29.5 Å². The van der Waals surface area contributed by atoms with E-state index in [-0.39, 0.29) is 12.1 Å². The first-order chi connectivity index (χ1) is 8.72. The van der Waals surface area contributed by atoms with Crippen LogP contribution in [-0.4, -0.2) is 30.2 Å². The molecule has 98 valence electrons. The molecule has 1 fully saturated rings. The molecule has 2 atom stereocenters. The highest BCUT2D eigenvalue weighted by Crippen LogP contribution is 2.24. The van der Waals surface area contributed by atoms with E-state index in [0.29, 0.717) is 18.9 Å². The molecule has 0 aliphatic carbocycles. The fourth-order valence-corrected chi connectivity index (χ4v) is 2.47. The van der Waals surface area contributed by atoms with Gasteiger partial charge >= 0.3 is 0 Å².